The summed E-state index contributed by atoms with van der Waals surface area (Å²) in [6.07, 6.45) is 1.28. The largest absolute Gasteiger partial charge is 0.300 e. The molecule has 1 atom stereocenters. The summed E-state index contributed by atoms with van der Waals surface area (Å²) in [7, 11) is 0. The minimum Gasteiger partial charge on any atom is -0.300 e. The van der Waals surface area contributed by atoms with Gasteiger partial charge in [-0.15, -0.1) is 0 Å². The average Bonchev–Trinajstić information content (AvgIpc) is 1.83. The van der Waals surface area contributed by atoms with Crippen molar-refractivity contribution in [2.75, 3.05) is 0 Å². The van der Waals surface area contributed by atoms with Crippen molar-refractivity contribution in [2.45, 2.75) is 32.4 Å². The smallest absolute Gasteiger partial charge is 0.155 e. The number of halogens is 1. The highest BCUT2D eigenvalue weighted by atomic mass is 19.1. The third-order valence-electron chi connectivity index (χ3n) is 0.981. The van der Waals surface area contributed by atoms with E-state index in [4.69, 9.17) is 0 Å². The van der Waals surface area contributed by atoms with E-state index in [1.807, 2.05) is 6.92 Å². The fraction of sp³-hybridized carbons (Fsp3) is 0.833. The summed E-state index contributed by atoms with van der Waals surface area (Å²) in [6, 6.07) is 0. The number of unbranched alkanes of at least 4 members (excludes halogenated alkanes) is 1. The molecule has 0 bridgehead atoms. The molecule has 2 heteroatoms. The SMILES string of the molecule is CCCCC(F)C=O. The van der Waals surface area contributed by atoms with Gasteiger partial charge in [0.15, 0.2) is 12.5 Å². The van der Waals surface area contributed by atoms with Gasteiger partial charge in [-0.25, -0.2) is 4.39 Å². The Morgan fingerprint density at radius 3 is 2.75 bits per heavy atom. The Hall–Kier alpha value is -0.400. The Bertz CT molecular complexity index is 63.5. The number of hydrogen-bond acceptors (Lipinski definition) is 1. The zero-order chi connectivity index (χ0) is 6.41. The van der Waals surface area contributed by atoms with E-state index >= 15 is 0 Å². The molecule has 0 amide bonds. The first-order valence-electron chi connectivity index (χ1n) is 2.90. The predicted molar refractivity (Wildman–Crippen MR) is 30.5 cm³/mol. The molecule has 0 spiro atoms. The molecule has 0 aliphatic rings. The lowest BCUT2D eigenvalue weighted by molar-refractivity contribution is -0.112. The van der Waals surface area contributed by atoms with Gasteiger partial charge in [-0.3, -0.25) is 0 Å². The van der Waals surface area contributed by atoms with Gasteiger partial charge >= 0.3 is 0 Å². The standard InChI is InChI=1S/C6H11FO/c1-2-3-4-6(7)5-8/h5-6H,2-4H2,1H3. The van der Waals surface area contributed by atoms with Gasteiger partial charge in [-0.1, -0.05) is 19.8 Å². The normalized spacial score (nSPS) is 13.2. The topological polar surface area (TPSA) is 17.1 Å². The van der Waals surface area contributed by atoms with Crippen LogP contribution in [0.2, 0.25) is 0 Å². The molecule has 8 heavy (non-hydrogen) atoms. The third kappa shape index (κ3) is 3.78. The second-order valence-electron chi connectivity index (χ2n) is 1.79. The van der Waals surface area contributed by atoms with Crippen LogP contribution >= 0.6 is 0 Å². The second kappa shape index (κ2) is 4.75. The fourth-order valence-electron chi connectivity index (χ4n) is 0.467. The van der Waals surface area contributed by atoms with E-state index in [0.29, 0.717) is 12.7 Å². The maximum atomic E-state index is 12.0. The van der Waals surface area contributed by atoms with Crippen molar-refractivity contribution in [3.63, 3.8) is 0 Å². The zero-order valence-corrected chi connectivity index (χ0v) is 5.06. The average molecular weight is 118 g/mol. The van der Waals surface area contributed by atoms with E-state index in [0.717, 1.165) is 12.8 Å². The predicted octanol–water partition coefficient (Wildman–Crippen LogP) is 1.71. The van der Waals surface area contributed by atoms with Crippen LogP contribution in [0.4, 0.5) is 4.39 Å². The van der Waals surface area contributed by atoms with E-state index in [9.17, 15) is 9.18 Å². The summed E-state index contributed by atoms with van der Waals surface area (Å²) in [5.41, 5.74) is 0. The lowest BCUT2D eigenvalue weighted by atomic mass is 10.2. The molecule has 0 saturated carbocycles. The van der Waals surface area contributed by atoms with Crippen molar-refractivity contribution in [1.82, 2.24) is 0 Å². The molecule has 1 unspecified atom stereocenters. The summed E-state index contributed by atoms with van der Waals surface area (Å²) in [4.78, 5) is 9.64. The van der Waals surface area contributed by atoms with Gasteiger partial charge in [0.2, 0.25) is 0 Å². The number of aldehydes is 1. The molecule has 0 N–H and O–H groups in total. The van der Waals surface area contributed by atoms with Crippen molar-refractivity contribution in [3.8, 4) is 0 Å². The lowest BCUT2D eigenvalue weighted by Crippen LogP contribution is -1.99. The van der Waals surface area contributed by atoms with Crippen LogP contribution in [0, 0.1) is 0 Å². The van der Waals surface area contributed by atoms with Crippen molar-refractivity contribution < 1.29 is 9.18 Å². The molecule has 0 aromatic rings. The highest BCUT2D eigenvalue weighted by Crippen LogP contribution is 2.00. The number of hydrogen-bond donors (Lipinski definition) is 0. The molecule has 0 aliphatic heterocycles. The molecule has 0 fully saturated rings. The Morgan fingerprint density at radius 2 is 2.38 bits per heavy atom. The summed E-state index contributed by atoms with van der Waals surface area (Å²) < 4.78 is 12.0. The third-order valence-corrected chi connectivity index (χ3v) is 0.981. The number of carbonyl (C=O) groups is 1. The molecule has 0 aliphatic carbocycles. The van der Waals surface area contributed by atoms with Gasteiger partial charge in [0.1, 0.15) is 0 Å². The summed E-state index contributed by atoms with van der Waals surface area (Å²) in [6.45, 7) is 1.97. The van der Waals surface area contributed by atoms with Gasteiger partial charge < -0.3 is 4.79 Å². The first kappa shape index (κ1) is 7.60. The van der Waals surface area contributed by atoms with Crippen LogP contribution in [0.25, 0.3) is 0 Å². The number of rotatable bonds is 4. The van der Waals surface area contributed by atoms with Gasteiger partial charge in [0.05, 0.1) is 0 Å². The minimum atomic E-state index is -1.23. The van der Waals surface area contributed by atoms with Gasteiger partial charge in [0.25, 0.3) is 0 Å². The van der Waals surface area contributed by atoms with Gasteiger partial charge in [0, 0.05) is 0 Å². The highest BCUT2D eigenvalue weighted by Gasteiger charge is 2.00. The van der Waals surface area contributed by atoms with Crippen LogP contribution in [0.15, 0.2) is 0 Å². The minimum absolute atomic E-state index is 0.357. The lowest BCUT2D eigenvalue weighted by Gasteiger charge is -1.94. The first-order chi connectivity index (χ1) is 3.81. The highest BCUT2D eigenvalue weighted by molar-refractivity contribution is 5.55. The van der Waals surface area contributed by atoms with Crippen molar-refractivity contribution in [3.05, 3.63) is 0 Å². The summed E-state index contributed by atoms with van der Waals surface area (Å²) in [5, 5.41) is 0. The Morgan fingerprint density at radius 1 is 1.75 bits per heavy atom. The van der Waals surface area contributed by atoms with Crippen LogP contribution in [0.5, 0.6) is 0 Å². The summed E-state index contributed by atoms with van der Waals surface area (Å²) in [5.74, 6) is 0. The second-order valence-corrected chi connectivity index (χ2v) is 1.79. The van der Waals surface area contributed by atoms with Crippen LogP contribution in [0.3, 0.4) is 0 Å². The van der Waals surface area contributed by atoms with E-state index in [2.05, 4.69) is 0 Å². The fourth-order valence-corrected chi connectivity index (χ4v) is 0.467. The molecule has 0 heterocycles. The number of alkyl halides is 1. The molecule has 0 saturated heterocycles. The molecule has 48 valence electrons. The first-order valence-corrected chi connectivity index (χ1v) is 2.90. The number of carbonyl (C=O) groups excluding carboxylic acids is 1. The van der Waals surface area contributed by atoms with E-state index in [1.54, 1.807) is 0 Å². The quantitative estimate of drug-likeness (QED) is 0.513. The maximum absolute atomic E-state index is 12.0. The van der Waals surface area contributed by atoms with Crippen LogP contribution in [-0.2, 0) is 4.79 Å². The molecule has 1 nitrogen and oxygen atoms in total. The molecule has 0 aromatic carbocycles. The van der Waals surface area contributed by atoms with Crippen LogP contribution in [-0.4, -0.2) is 12.5 Å². The molecule has 0 radical (unpaired) electrons. The summed E-state index contributed by atoms with van der Waals surface area (Å²) >= 11 is 0. The van der Waals surface area contributed by atoms with Crippen molar-refractivity contribution >= 4 is 6.29 Å². The maximum Gasteiger partial charge on any atom is 0.155 e. The molecule has 0 rings (SSSR count). The molecule has 0 aromatic heterocycles. The Labute approximate surface area is 48.9 Å². The molecular formula is C6H11FO. The monoisotopic (exact) mass is 118 g/mol. The van der Waals surface area contributed by atoms with E-state index in [-0.39, 0.29) is 0 Å². The molecular weight excluding hydrogens is 107 g/mol. The van der Waals surface area contributed by atoms with Gasteiger partial charge in [-0.2, -0.15) is 0 Å². The van der Waals surface area contributed by atoms with E-state index < -0.39 is 6.17 Å². The Balaban J connectivity index is 2.98. The Kier molecular flexibility index (Phi) is 4.51. The van der Waals surface area contributed by atoms with Crippen molar-refractivity contribution in [2.24, 2.45) is 0 Å². The van der Waals surface area contributed by atoms with Crippen LogP contribution in [0.1, 0.15) is 26.2 Å². The van der Waals surface area contributed by atoms with Crippen molar-refractivity contribution in [1.29, 1.82) is 0 Å². The van der Waals surface area contributed by atoms with E-state index in [1.165, 1.54) is 0 Å². The van der Waals surface area contributed by atoms with Gasteiger partial charge in [-0.05, 0) is 6.42 Å². The van der Waals surface area contributed by atoms with Crippen LogP contribution < -0.4 is 0 Å². The zero-order valence-electron chi connectivity index (χ0n) is 5.06.